The van der Waals surface area contributed by atoms with Crippen LogP contribution in [0.1, 0.15) is 22.2 Å². The summed E-state index contributed by atoms with van der Waals surface area (Å²) in [5.74, 6) is -0.665. The van der Waals surface area contributed by atoms with Gasteiger partial charge >= 0.3 is 5.97 Å². The fourth-order valence-corrected chi connectivity index (χ4v) is 3.58. The number of hydrogen-bond donors (Lipinski definition) is 0. The van der Waals surface area contributed by atoms with Crippen molar-refractivity contribution in [2.45, 2.75) is 36.9 Å². The Bertz CT molecular complexity index is 1010. The van der Waals surface area contributed by atoms with Crippen LogP contribution in [0, 0.1) is 0 Å². The molecular formula is C20H18N6O5. The summed E-state index contributed by atoms with van der Waals surface area (Å²) in [5, 5.41) is 7.48. The molecule has 31 heavy (non-hydrogen) atoms. The van der Waals surface area contributed by atoms with Crippen LogP contribution in [0.25, 0.3) is 20.9 Å². The highest BCUT2D eigenvalue weighted by atomic mass is 16.7. The zero-order valence-corrected chi connectivity index (χ0v) is 16.2. The smallest absolute Gasteiger partial charge is 0.340 e. The van der Waals surface area contributed by atoms with Gasteiger partial charge in [0.25, 0.3) is 0 Å². The van der Waals surface area contributed by atoms with Gasteiger partial charge in [-0.25, -0.2) is 4.79 Å². The summed E-state index contributed by atoms with van der Waals surface area (Å²) in [4.78, 5) is 18.2. The predicted octanol–water partition coefficient (Wildman–Crippen LogP) is 4.04. The molecule has 6 atom stereocenters. The average molecular weight is 422 g/mol. The van der Waals surface area contributed by atoms with Crippen LogP contribution in [0.5, 0.6) is 0 Å². The summed E-state index contributed by atoms with van der Waals surface area (Å²) in [6, 6.07) is 15.5. The fraction of sp³-hybridized carbons (Fsp3) is 0.350. The third-order valence-corrected chi connectivity index (χ3v) is 5.01. The molecule has 2 aromatic carbocycles. The van der Waals surface area contributed by atoms with Crippen molar-refractivity contribution < 1.29 is 23.7 Å². The highest BCUT2D eigenvalue weighted by Crippen LogP contribution is 2.37. The van der Waals surface area contributed by atoms with Gasteiger partial charge in [-0.1, -0.05) is 58.8 Å². The number of esters is 1. The zero-order valence-electron chi connectivity index (χ0n) is 16.2. The van der Waals surface area contributed by atoms with E-state index in [1.807, 2.05) is 30.3 Å². The van der Waals surface area contributed by atoms with E-state index >= 15 is 0 Å². The van der Waals surface area contributed by atoms with Gasteiger partial charge in [0.2, 0.25) is 6.29 Å². The minimum Gasteiger partial charge on any atom is -0.432 e. The van der Waals surface area contributed by atoms with Gasteiger partial charge in [-0.15, -0.1) is 0 Å². The van der Waals surface area contributed by atoms with Crippen molar-refractivity contribution in [3.8, 4) is 0 Å². The van der Waals surface area contributed by atoms with Crippen LogP contribution in [-0.4, -0.2) is 43.2 Å². The van der Waals surface area contributed by atoms with Crippen LogP contribution in [0.3, 0.4) is 0 Å². The minimum absolute atomic E-state index is 0.101. The van der Waals surface area contributed by atoms with E-state index < -0.39 is 42.8 Å². The minimum atomic E-state index is -1.28. The third-order valence-electron chi connectivity index (χ3n) is 5.01. The standard InChI is InChI=1S/C20H18N6O5/c21-25-23-15-16(24-26-22)20(31-18(27)12-7-3-1-4-8-12)29-14-11-28-19(30-17(14)15)13-9-5-2-6-10-13/h1-10,14-17,19-20H,11H2/t14-,15-,16+,17-,19-,20-/m1/s1. The van der Waals surface area contributed by atoms with Crippen LogP contribution < -0.4 is 0 Å². The number of fused-ring (bicyclic) bond motifs is 1. The van der Waals surface area contributed by atoms with E-state index in [1.54, 1.807) is 30.3 Å². The Labute approximate surface area is 176 Å². The molecule has 0 aromatic heterocycles. The Morgan fingerprint density at radius 3 is 2.26 bits per heavy atom. The number of benzene rings is 2. The Hall–Kier alpha value is -3.59. The van der Waals surface area contributed by atoms with Gasteiger partial charge < -0.3 is 18.9 Å². The molecule has 11 nitrogen and oxygen atoms in total. The second kappa shape index (κ2) is 9.48. The van der Waals surface area contributed by atoms with Gasteiger partial charge in [-0.2, -0.15) is 0 Å². The Balaban J connectivity index is 1.59. The predicted molar refractivity (Wildman–Crippen MR) is 106 cm³/mol. The Kier molecular flexibility index (Phi) is 6.32. The molecule has 0 N–H and O–H groups in total. The SMILES string of the molecule is [N-]=[N+]=N[C@@H]1[C@@H](OC(=O)c2ccccc2)O[C@@H]2CO[C@@H](c3ccccc3)O[C@H]2[C@@H]1N=[N+]=[N-]. The molecule has 0 aliphatic carbocycles. The van der Waals surface area contributed by atoms with Gasteiger partial charge in [0.05, 0.1) is 24.3 Å². The maximum Gasteiger partial charge on any atom is 0.340 e. The normalized spacial score (nSPS) is 29.5. The lowest BCUT2D eigenvalue weighted by Gasteiger charge is -2.46. The molecule has 0 bridgehead atoms. The molecule has 0 unspecified atom stereocenters. The van der Waals surface area contributed by atoms with Crippen LogP contribution in [-0.2, 0) is 18.9 Å². The molecule has 11 heteroatoms. The van der Waals surface area contributed by atoms with Gasteiger partial charge in [-0.3, -0.25) is 0 Å². The fourth-order valence-electron chi connectivity index (χ4n) is 3.58. The summed E-state index contributed by atoms with van der Waals surface area (Å²) in [5.41, 5.74) is 19.2. The lowest BCUT2D eigenvalue weighted by Crippen LogP contribution is -2.61. The van der Waals surface area contributed by atoms with Crippen LogP contribution in [0.4, 0.5) is 0 Å². The molecule has 2 aromatic rings. The highest BCUT2D eigenvalue weighted by molar-refractivity contribution is 5.89. The molecule has 2 fully saturated rings. The number of ether oxygens (including phenoxy) is 4. The van der Waals surface area contributed by atoms with Crippen molar-refractivity contribution in [2.24, 2.45) is 10.2 Å². The van der Waals surface area contributed by atoms with E-state index in [0.29, 0.717) is 5.56 Å². The van der Waals surface area contributed by atoms with Crippen molar-refractivity contribution in [1.82, 2.24) is 0 Å². The van der Waals surface area contributed by atoms with E-state index in [4.69, 9.17) is 30.0 Å². The van der Waals surface area contributed by atoms with E-state index in [1.165, 1.54) is 0 Å². The number of azide groups is 2. The van der Waals surface area contributed by atoms with E-state index in [2.05, 4.69) is 20.1 Å². The van der Waals surface area contributed by atoms with Crippen LogP contribution in [0.15, 0.2) is 70.9 Å². The molecule has 0 amide bonds. The van der Waals surface area contributed by atoms with Gasteiger partial charge in [0.1, 0.15) is 12.1 Å². The van der Waals surface area contributed by atoms with Crippen molar-refractivity contribution in [3.63, 3.8) is 0 Å². The molecule has 0 saturated carbocycles. The largest absolute Gasteiger partial charge is 0.432 e. The molecule has 2 saturated heterocycles. The maximum absolute atomic E-state index is 12.5. The van der Waals surface area contributed by atoms with Crippen molar-refractivity contribution >= 4 is 5.97 Å². The Morgan fingerprint density at radius 2 is 1.58 bits per heavy atom. The first-order valence-electron chi connectivity index (χ1n) is 9.53. The molecule has 2 aliphatic heterocycles. The zero-order chi connectivity index (χ0) is 21.6. The van der Waals surface area contributed by atoms with Crippen LogP contribution in [0.2, 0.25) is 0 Å². The summed E-state index contributed by atoms with van der Waals surface area (Å²) >= 11 is 0. The lowest BCUT2D eigenvalue weighted by molar-refractivity contribution is -0.316. The first kappa shape index (κ1) is 20.7. The Morgan fingerprint density at radius 1 is 0.935 bits per heavy atom. The third kappa shape index (κ3) is 4.46. The second-order valence-electron chi connectivity index (χ2n) is 6.88. The molecule has 4 rings (SSSR count). The molecular weight excluding hydrogens is 404 g/mol. The summed E-state index contributed by atoms with van der Waals surface area (Å²) in [6.07, 6.45) is -3.45. The average Bonchev–Trinajstić information content (AvgIpc) is 2.82. The summed E-state index contributed by atoms with van der Waals surface area (Å²) in [7, 11) is 0. The number of hydrogen-bond acceptors (Lipinski definition) is 7. The molecule has 0 spiro atoms. The van der Waals surface area contributed by atoms with Gasteiger partial charge in [0.15, 0.2) is 6.29 Å². The van der Waals surface area contributed by atoms with E-state index in [0.717, 1.165) is 5.56 Å². The van der Waals surface area contributed by atoms with Crippen molar-refractivity contribution in [2.75, 3.05) is 6.61 Å². The van der Waals surface area contributed by atoms with Crippen molar-refractivity contribution in [3.05, 3.63) is 92.7 Å². The topological polar surface area (TPSA) is 152 Å². The maximum atomic E-state index is 12.5. The number of rotatable bonds is 5. The second-order valence-corrected chi connectivity index (χ2v) is 6.88. The van der Waals surface area contributed by atoms with Crippen molar-refractivity contribution in [1.29, 1.82) is 0 Å². The molecule has 0 radical (unpaired) electrons. The van der Waals surface area contributed by atoms with E-state index in [9.17, 15) is 4.79 Å². The monoisotopic (exact) mass is 422 g/mol. The quantitative estimate of drug-likeness (QED) is 0.308. The number of nitrogens with zero attached hydrogens (tertiary/aromatic N) is 6. The summed E-state index contributed by atoms with van der Waals surface area (Å²) in [6.45, 7) is 0.101. The number of carbonyl (C=O) groups excluding carboxylic acids is 1. The first-order valence-corrected chi connectivity index (χ1v) is 9.53. The lowest BCUT2D eigenvalue weighted by atomic mass is 9.94. The van der Waals surface area contributed by atoms with Gasteiger partial charge in [0, 0.05) is 15.4 Å². The number of carbonyl (C=O) groups is 1. The summed E-state index contributed by atoms with van der Waals surface area (Å²) < 4.78 is 23.1. The molecule has 158 valence electrons. The highest BCUT2D eigenvalue weighted by Gasteiger charge is 2.50. The molecule has 2 heterocycles. The van der Waals surface area contributed by atoms with Crippen LogP contribution >= 0.6 is 0 Å². The van der Waals surface area contributed by atoms with E-state index in [-0.39, 0.29) is 6.61 Å². The molecule has 2 aliphatic rings. The van der Waals surface area contributed by atoms with Gasteiger partial charge in [-0.05, 0) is 23.2 Å². The first-order chi connectivity index (χ1) is 15.2.